The van der Waals surface area contributed by atoms with E-state index in [-0.39, 0.29) is 11.0 Å². The molecule has 0 bridgehead atoms. The summed E-state index contributed by atoms with van der Waals surface area (Å²) in [5.74, 6) is -0.680. The molecule has 0 heterocycles. The Morgan fingerprint density at radius 3 is 2.21 bits per heavy atom. The molecule has 0 aromatic heterocycles. The van der Waals surface area contributed by atoms with Crippen molar-refractivity contribution in [2.24, 2.45) is 0 Å². The number of carbonyl (C=O) groups excluding carboxylic acids is 2. The topological polar surface area (TPSA) is 88.4 Å². The van der Waals surface area contributed by atoms with Crippen molar-refractivity contribution in [2.75, 3.05) is 19.0 Å². The van der Waals surface area contributed by atoms with E-state index in [1.807, 2.05) is 12.1 Å². The van der Waals surface area contributed by atoms with Crippen LogP contribution in [0, 0.1) is 11.3 Å². The lowest BCUT2D eigenvalue weighted by Crippen LogP contribution is -2.21. The van der Waals surface area contributed by atoms with Gasteiger partial charge in [0.25, 0.3) is 5.91 Å². The van der Waals surface area contributed by atoms with Crippen LogP contribution in [0.5, 0.6) is 5.75 Å². The lowest BCUT2D eigenvalue weighted by molar-refractivity contribution is -0.142. The Morgan fingerprint density at radius 2 is 1.69 bits per heavy atom. The lowest BCUT2D eigenvalue weighted by Gasteiger charge is -2.19. The second kappa shape index (κ2) is 9.56. The highest BCUT2D eigenvalue weighted by molar-refractivity contribution is 6.00. The summed E-state index contributed by atoms with van der Waals surface area (Å²) in [6.07, 6.45) is 1.39. The molecule has 0 aliphatic heterocycles. The maximum absolute atomic E-state index is 12.1. The Kier molecular flexibility index (Phi) is 7.15. The molecule has 29 heavy (non-hydrogen) atoms. The minimum atomic E-state index is -0.860. The third-order valence-electron chi connectivity index (χ3n) is 4.14. The van der Waals surface area contributed by atoms with Crippen LogP contribution in [-0.4, -0.2) is 25.6 Å². The number of esters is 1. The molecule has 0 saturated carbocycles. The van der Waals surface area contributed by atoms with E-state index >= 15 is 0 Å². The molecule has 0 aliphatic rings. The van der Waals surface area contributed by atoms with Gasteiger partial charge in [0.1, 0.15) is 17.4 Å². The summed E-state index contributed by atoms with van der Waals surface area (Å²) in [6, 6.07) is 16.1. The van der Waals surface area contributed by atoms with Gasteiger partial charge in [-0.25, -0.2) is 4.79 Å². The van der Waals surface area contributed by atoms with Crippen LogP contribution in [0.15, 0.2) is 54.1 Å². The number of hydrogen-bond acceptors (Lipinski definition) is 5. The Balaban J connectivity index is 1.93. The van der Waals surface area contributed by atoms with Gasteiger partial charge in [-0.2, -0.15) is 5.26 Å². The quantitative estimate of drug-likeness (QED) is 0.455. The average Bonchev–Trinajstić information content (AvgIpc) is 2.70. The number of nitrogens with one attached hydrogen (secondary N) is 1. The summed E-state index contributed by atoms with van der Waals surface area (Å²) >= 11 is 0. The number of carbonyl (C=O) groups is 2. The van der Waals surface area contributed by atoms with E-state index in [2.05, 4.69) is 26.1 Å². The number of ether oxygens (including phenoxy) is 2. The first-order valence-corrected chi connectivity index (χ1v) is 9.06. The summed E-state index contributed by atoms with van der Waals surface area (Å²) in [7, 11) is 1.55. The minimum Gasteiger partial charge on any atom is -0.497 e. The van der Waals surface area contributed by atoms with Gasteiger partial charge >= 0.3 is 5.97 Å². The van der Waals surface area contributed by atoms with Crippen molar-refractivity contribution >= 4 is 23.6 Å². The van der Waals surface area contributed by atoms with Crippen molar-refractivity contribution in [1.82, 2.24) is 0 Å². The molecule has 2 aromatic carbocycles. The Bertz CT molecular complexity index is 931. The standard InChI is InChI=1S/C23H24N2O4/c1-23(2,3)18-7-9-19(10-8-18)25-21(26)15-29-22(27)17(14-24)13-16-5-11-20(28-4)12-6-16/h5-13H,15H2,1-4H3,(H,25,26). The summed E-state index contributed by atoms with van der Waals surface area (Å²) in [5, 5.41) is 11.9. The molecule has 1 amide bonds. The molecule has 150 valence electrons. The zero-order valence-electron chi connectivity index (χ0n) is 17.0. The predicted octanol–water partition coefficient (Wildman–Crippen LogP) is 4.08. The fourth-order valence-corrected chi connectivity index (χ4v) is 2.46. The first-order chi connectivity index (χ1) is 13.7. The molecule has 0 saturated heterocycles. The summed E-state index contributed by atoms with van der Waals surface area (Å²) in [5.41, 5.74) is 2.21. The first-order valence-electron chi connectivity index (χ1n) is 9.06. The largest absolute Gasteiger partial charge is 0.497 e. The van der Waals surface area contributed by atoms with Crippen molar-refractivity contribution in [1.29, 1.82) is 5.26 Å². The van der Waals surface area contributed by atoms with Crippen molar-refractivity contribution in [3.05, 3.63) is 65.2 Å². The van der Waals surface area contributed by atoms with Gasteiger partial charge in [0.05, 0.1) is 7.11 Å². The number of benzene rings is 2. The van der Waals surface area contributed by atoms with Gasteiger partial charge in [0.2, 0.25) is 0 Å². The monoisotopic (exact) mass is 392 g/mol. The van der Waals surface area contributed by atoms with Gasteiger partial charge in [-0.15, -0.1) is 0 Å². The van der Waals surface area contributed by atoms with Crippen LogP contribution in [0.1, 0.15) is 31.9 Å². The predicted molar refractivity (Wildman–Crippen MR) is 111 cm³/mol. The van der Waals surface area contributed by atoms with Crippen molar-refractivity contribution in [3.8, 4) is 11.8 Å². The molecule has 2 aromatic rings. The van der Waals surface area contributed by atoms with E-state index in [0.29, 0.717) is 17.0 Å². The van der Waals surface area contributed by atoms with Crippen LogP contribution < -0.4 is 10.1 Å². The average molecular weight is 392 g/mol. The molecule has 6 heteroatoms. The maximum atomic E-state index is 12.1. The second-order valence-corrected chi connectivity index (χ2v) is 7.39. The molecular formula is C23H24N2O4. The Labute approximate surface area is 170 Å². The zero-order chi connectivity index (χ0) is 21.4. The maximum Gasteiger partial charge on any atom is 0.349 e. The third-order valence-corrected chi connectivity index (χ3v) is 4.14. The molecule has 0 atom stereocenters. The summed E-state index contributed by atoms with van der Waals surface area (Å²) < 4.78 is 10.0. The highest BCUT2D eigenvalue weighted by atomic mass is 16.5. The van der Waals surface area contributed by atoms with Gasteiger partial charge in [-0.05, 0) is 46.9 Å². The number of methoxy groups -OCH3 is 1. The molecule has 0 fully saturated rings. The van der Waals surface area contributed by atoms with Crippen LogP contribution in [0.2, 0.25) is 0 Å². The molecule has 0 radical (unpaired) electrons. The second-order valence-electron chi connectivity index (χ2n) is 7.39. The van der Waals surface area contributed by atoms with Crippen molar-refractivity contribution < 1.29 is 19.1 Å². The molecule has 0 unspecified atom stereocenters. The van der Waals surface area contributed by atoms with Crippen molar-refractivity contribution in [3.63, 3.8) is 0 Å². The van der Waals surface area contributed by atoms with Gasteiger partial charge < -0.3 is 14.8 Å². The SMILES string of the molecule is COc1ccc(C=C(C#N)C(=O)OCC(=O)Nc2ccc(C(C)(C)C)cc2)cc1. The molecular weight excluding hydrogens is 368 g/mol. The number of hydrogen-bond donors (Lipinski definition) is 1. The van der Waals surface area contributed by atoms with Crippen LogP contribution in [0.3, 0.4) is 0 Å². The van der Waals surface area contributed by atoms with Crippen LogP contribution in [0.4, 0.5) is 5.69 Å². The normalized spacial score (nSPS) is 11.3. The summed E-state index contributed by atoms with van der Waals surface area (Å²) in [4.78, 5) is 24.1. The van der Waals surface area contributed by atoms with E-state index in [1.165, 1.54) is 6.08 Å². The number of rotatable bonds is 6. The highest BCUT2D eigenvalue weighted by Crippen LogP contribution is 2.23. The van der Waals surface area contributed by atoms with Crippen LogP contribution in [0.25, 0.3) is 6.08 Å². The number of amides is 1. The van der Waals surface area contributed by atoms with E-state index in [0.717, 1.165) is 5.56 Å². The van der Waals surface area contributed by atoms with E-state index in [1.54, 1.807) is 49.6 Å². The van der Waals surface area contributed by atoms with Gasteiger partial charge in [-0.3, -0.25) is 4.79 Å². The fourth-order valence-electron chi connectivity index (χ4n) is 2.46. The molecule has 6 nitrogen and oxygen atoms in total. The zero-order valence-corrected chi connectivity index (χ0v) is 17.0. The first kappa shape index (κ1) is 21.7. The highest BCUT2D eigenvalue weighted by Gasteiger charge is 2.15. The van der Waals surface area contributed by atoms with Gasteiger partial charge in [0.15, 0.2) is 6.61 Å². The Hall–Kier alpha value is -3.59. The Morgan fingerprint density at radius 1 is 1.07 bits per heavy atom. The minimum absolute atomic E-state index is 0.0159. The van der Waals surface area contributed by atoms with Crippen LogP contribution in [-0.2, 0) is 19.7 Å². The molecule has 0 spiro atoms. The summed E-state index contributed by atoms with van der Waals surface area (Å²) in [6.45, 7) is 5.83. The fraction of sp³-hybridized carbons (Fsp3) is 0.261. The molecule has 1 N–H and O–H groups in total. The number of nitrogens with zero attached hydrogens (tertiary/aromatic N) is 1. The molecule has 2 rings (SSSR count). The lowest BCUT2D eigenvalue weighted by atomic mass is 9.87. The van der Waals surface area contributed by atoms with Gasteiger partial charge in [-0.1, -0.05) is 45.0 Å². The van der Waals surface area contributed by atoms with Gasteiger partial charge in [0, 0.05) is 5.69 Å². The van der Waals surface area contributed by atoms with E-state index in [4.69, 9.17) is 9.47 Å². The number of anilines is 1. The third kappa shape index (κ3) is 6.51. The van der Waals surface area contributed by atoms with E-state index in [9.17, 15) is 14.9 Å². The smallest absolute Gasteiger partial charge is 0.349 e. The number of nitriles is 1. The van der Waals surface area contributed by atoms with E-state index < -0.39 is 18.5 Å². The molecule has 0 aliphatic carbocycles. The van der Waals surface area contributed by atoms with Crippen molar-refractivity contribution in [2.45, 2.75) is 26.2 Å². The van der Waals surface area contributed by atoms with Crippen LogP contribution >= 0.6 is 0 Å².